The van der Waals surface area contributed by atoms with E-state index in [-0.39, 0.29) is 16.4 Å². The summed E-state index contributed by atoms with van der Waals surface area (Å²) in [4.78, 5) is 27.2. The fraction of sp³-hybridized carbons (Fsp3) is 0.500. The molecule has 0 radical (unpaired) electrons. The molecule has 10 nitrogen and oxygen atoms in total. The van der Waals surface area contributed by atoms with E-state index in [9.17, 15) is 26.4 Å². The second-order valence-corrected chi connectivity index (χ2v) is 13.7. The van der Waals surface area contributed by atoms with E-state index in [2.05, 4.69) is 34.3 Å². The molecular formula is C30H35F3N4O6S. The molecule has 1 saturated carbocycles. The number of carbonyl (C=O) groups is 2. The van der Waals surface area contributed by atoms with Gasteiger partial charge in [0.05, 0.1) is 12.8 Å². The third kappa shape index (κ3) is 6.55. The number of aliphatic carboxylic acids is 1. The van der Waals surface area contributed by atoms with E-state index in [1.165, 1.54) is 50.6 Å². The lowest BCUT2D eigenvalue weighted by molar-refractivity contribution is -0.192. The molecule has 4 aliphatic rings. The van der Waals surface area contributed by atoms with Crippen LogP contribution < -0.4 is 14.6 Å². The van der Waals surface area contributed by atoms with Crippen LogP contribution in [0.1, 0.15) is 37.7 Å². The number of carboxylic acid groups (broad SMARTS) is 1. The van der Waals surface area contributed by atoms with Crippen molar-refractivity contribution in [3.05, 3.63) is 54.1 Å². The summed E-state index contributed by atoms with van der Waals surface area (Å²) in [6.45, 7) is 3.99. The van der Waals surface area contributed by atoms with Crippen LogP contribution in [0.4, 0.5) is 24.5 Å². The highest BCUT2D eigenvalue weighted by Crippen LogP contribution is 2.49. The van der Waals surface area contributed by atoms with Gasteiger partial charge >= 0.3 is 12.1 Å². The SMILES string of the molecule is COc1ccc(N2N=C(S(C)(=O)=O)C3CCN(c4ccc(C5(CN6CCCC6)CC5)cc4)C(=O)C32)cc1.O=C(O)C(F)(F)F. The zero-order valence-corrected chi connectivity index (χ0v) is 25.3. The Hall–Kier alpha value is -3.65. The van der Waals surface area contributed by atoms with Crippen LogP contribution in [0, 0.1) is 5.92 Å². The van der Waals surface area contributed by atoms with Crippen molar-refractivity contribution in [2.45, 2.75) is 49.7 Å². The number of hydrogen-bond donors (Lipinski definition) is 1. The lowest BCUT2D eigenvalue weighted by Crippen LogP contribution is -2.54. The first-order chi connectivity index (χ1) is 20.7. The first-order valence-electron chi connectivity index (χ1n) is 14.4. The Morgan fingerprint density at radius 2 is 1.59 bits per heavy atom. The normalized spacial score (nSPS) is 23.0. The highest BCUT2D eigenvalue weighted by atomic mass is 32.2. The van der Waals surface area contributed by atoms with Crippen LogP contribution in [0.2, 0.25) is 0 Å². The highest BCUT2D eigenvalue weighted by Gasteiger charge is 2.51. The van der Waals surface area contributed by atoms with Gasteiger partial charge in [-0.1, -0.05) is 12.1 Å². The molecule has 2 atom stereocenters. The molecule has 3 aliphatic heterocycles. The maximum Gasteiger partial charge on any atom is 0.490 e. The Morgan fingerprint density at radius 1 is 1.02 bits per heavy atom. The summed E-state index contributed by atoms with van der Waals surface area (Å²) in [6, 6.07) is 15.0. The van der Waals surface area contributed by atoms with E-state index in [0.717, 1.165) is 12.2 Å². The Balaban J connectivity index is 0.000000493. The highest BCUT2D eigenvalue weighted by molar-refractivity contribution is 8.05. The van der Waals surface area contributed by atoms with E-state index < -0.39 is 33.9 Å². The molecule has 238 valence electrons. The zero-order valence-electron chi connectivity index (χ0n) is 24.5. The van der Waals surface area contributed by atoms with Gasteiger partial charge in [0.1, 0.15) is 11.8 Å². The second kappa shape index (κ2) is 12.0. The number of nitrogens with zero attached hydrogens (tertiary/aromatic N) is 4. The summed E-state index contributed by atoms with van der Waals surface area (Å²) in [6.07, 6.45) is 1.66. The number of likely N-dealkylation sites (tertiary alicyclic amines) is 1. The quantitative estimate of drug-likeness (QED) is 0.505. The number of anilines is 2. The number of amides is 1. The molecule has 0 spiro atoms. The molecule has 14 heteroatoms. The predicted octanol–water partition coefficient (Wildman–Crippen LogP) is 4.06. The van der Waals surface area contributed by atoms with Gasteiger partial charge in [-0.2, -0.15) is 18.3 Å². The Bertz CT molecular complexity index is 1520. The number of carbonyl (C=O) groups excluding carboxylic acids is 1. The molecule has 6 rings (SSSR count). The molecule has 2 aromatic rings. The van der Waals surface area contributed by atoms with Crippen LogP contribution in [0.15, 0.2) is 53.6 Å². The Labute approximate surface area is 254 Å². The van der Waals surface area contributed by atoms with Crippen molar-refractivity contribution in [2.75, 3.05) is 49.5 Å². The Kier molecular flexibility index (Phi) is 8.69. The number of benzene rings is 2. The fourth-order valence-corrected chi connectivity index (χ4v) is 7.29. The topological polar surface area (TPSA) is 120 Å². The number of fused-ring (bicyclic) bond motifs is 1. The first kappa shape index (κ1) is 31.8. The number of methoxy groups -OCH3 is 1. The maximum absolute atomic E-state index is 13.9. The van der Waals surface area contributed by atoms with Crippen LogP contribution in [0.5, 0.6) is 5.75 Å². The molecule has 0 aromatic heterocycles. The average Bonchev–Trinajstić information content (AvgIpc) is 3.36. The lowest BCUT2D eigenvalue weighted by atomic mass is 9.91. The first-order valence-corrected chi connectivity index (χ1v) is 16.3. The predicted molar refractivity (Wildman–Crippen MR) is 159 cm³/mol. The molecule has 0 bridgehead atoms. The van der Waals surface area contributed by atoms with Crippen molar-refractivity contribution < 1.29 is 41.0 Å². The number of ether oxygens (including phenoxy) is 1. The Morgan fingerprint density at radius 3 is 2.09 bits per heavy atom. The summed E-state index contributed by atoms with van der Waals surface area (Å²) in [5.41, 5.74) is 3.13. The molecule has 1 N–H and O–H groups in total. The molecule has 3 fully saturated rings. The minimum atomic E-state index is -5.08. The number of hydrazone groups is 1. The van der Waals surface area contributed by atoms with Crippen molar-refractivity contribution in [2.24, 2.45) is 11.0 Å². The monoisotopic (exact) mass is 636 g/mol. The fourth-order valence-electron chi connectivity index (χ4n) is 6.26. The summed E-state index contributed by atoms with van der Waals surface area (Å²) >= 11 is 0. The molecule has 2 saturated heterocycles. The summed E-state index contributed by atoms with van der Waals surface area (Å²) in [7, 11) is -1.96. The van der Waals surface area contributed by atoms with E-state index in [1.54, 1.807) is 41.3 Å². The van der Waals surface area contributed by atoms with Crippen molar-refractivity contribution in [1.29, 1.82) is 0 Å². The maximum atomic E-state index is 13.9. The number of rotatable bonds is 6. The third-order valence-electron chi connectivity index (χ3n) is 8.68. The minimum absolute atomic E-state index is 0.0919. The van der Waals surface area contributed by atoms with Gasteiger partial charge in [0.15, 0.2) is 14.9 Å². The van der Waals surface area contributed by atoms with Gasteiger partial charge < -0.3 is 19.6 Å². The smallest absolute Gasteiger partial charge is 0.490 e. The number of piperidine rings is 1. The number of halogens is 3. The van der Waals surface area contributed by atoms with Gasteiger partial charge in [0.25, 0.3) is 5.91 Å². The van der Waals surface area contributed by atoms with E-state index in [4.69, 9.17) is 14.6 Å². The van der Waals surface area contributed by atoms with Crippen LogP contribution in [0.25, 0.3) is 0 Å². The van der Waals surface area contributed by atoms with E-state index in [1.807, 2.05) is 0 Å². The van der Waals surface area contributed by atoms with Crippen molar-refractivity contribution >= 4 is 38.1 Å². The standard InChI is InChI=1S/C28H34N4O4S.C2HF3O2/c1-36-23-11-9-22(10-12-23)32-25-24(26(29-32)37(2,34)35)13-18-31(27(25)33)21-7-5-20(6-8-21)28(14-15-28)19-30-16-3-4-17-30;3-2(4,5)1(6)7/h5-12,24-25H,3-4,13-19H2,1-2H3;(H,6,7). The van der Waals surface area contributed by atoms with Gasteiger partial charge in [-0.15, -0.1) is 0 Å². The van der Waals surface area contributed by atoms with Gasteiger partial charge in [0.2, 0.25) is 0 Å². The van der Waals surface area contributed by atoms with Crippen molar-refractivity contribution in [3.63, 3.8) is 0 Å². The van der Waals surface area contributed by atoms with E-state index >= 15 is 0 Å². The van der Waals surface area contributed by atoms with Crippen molar-refractivity contribution in [3.8, 4) is 5.75 Å². The third-order valence-corrected chi connectivity index (χ3v) is 9.82. The summed E-state index contributed by atoms with van der Waals surface area (Å²) in [5, 5.41) is 13.3. The lowest BCUT2D eigenvalue weighted by Gasteiger charge is -2.37. The van der Waals surface area contributed by atoms with Crippen LogP contribution >= 0.6 is 0 Å². The largest absolute Gasteiger partial charge is 0.497 e. The molecule has 3 heterocycles. The second-order valence-electron chi connectivity index (χ2n) is 11.7. The average molecular weight is 637 g/mol. The van der Waals surface area contributed by atoms with Crippen LogP contribution in [-0.4, -0.2) is 87.1 Å². The molecular weight excluding hydrogens is 601 g/mol. The van der Waals surface area contributed by atoms with Gasteiger partial charge in [0, 0.05) is 36.4 Å². The summed E-state index contributed by atoms with van der Waals surface area (Å²) in [5.74, 6) is -2.66. The van der Waals surface area contributed by atoms with Crippen LogP contribution in [0.3, 0.4) is 0 Å². The summed E-state index contributed by atoms with van der Waals surface area (Å²) < 4.78 is 62.2. The van der Waals surface area contributed by atoms with E-state index in [0.29, 0.717) is 24.4 Å². The number of alkyl halides is 3. The molecule has 2 unspecified atom stereocenters. The van der Waals surface area contributed by atoms with Gasteiger partial charge in [-0.25, -0.2) is 13.2 Å². The zero-order chi connectivity index (χ0) is 31.9. The van der Waals surface area contributed by atoms with Gasteiger partial charge in [-0.05, 0) is 87.2 Å². The minimum Gasteiger partial charge on any atom is -0.497 e. The van der Waals surface area contributed by atoms with Crippen molar-refractivity contribution in [1.82, 2.24) is 4.90 Å². The number of sulfone groups is 1. The number of carboxylic acids is 1. The number of hydrogen-bond acceptors (Lipinski definition) is 8. The van der Waals surface area contributed by atoms with Gasteiger partial charge in [-0.3, -0.25) is 9.80 Å². The molecule has 2 aromatic carbocycles. The van der Waals surface area contributed by atoms with Crippen LogP contribution in [-0.2, 0) is 24.8 Å². The molecule has 1 amide bonds. The molecule has 44 heavy (non-hydrogen) atoms. The molecule has 1 aliphatic carbocycles.